The van der Waals surface area contributed by atoms with Crippen LogP contribution in [-0.2, 0) is 6.54 Å². The highest BCUT2D eigenvalue weighted by molar-refractivity contribution is 5.95. The third kappa shape index (κ3) is 3.41. The van der Waals surface area contributed by atoms with E-state index in [-0.39, 0.29) is 12.1 Å². The number of hydrogen-bond donors (Lipinski definition) is 2. The van der Waals surface area contributed by atoms with Gasteiger partial charge in [0.05, 0.1) is 6.04 Å². The van der Waals surface area contributed by atoms with Crippen LogP contribution in [0.1, 0.15) is 12.5 Å². The average Bonchev–Trinajstić information content (AvgIpc) is 2.84. The van der Waals surface area contributed by atoms with Gasteiger partial charge in [-0.1, -0.05) is 6.07 Å². The van der Waals surface area contributed by atoms with E-state index in [0.717, 1.165) is 17.4 Å². The summed E-state index contributed by atoms with van der Waals surface area (Å²) in [5.41, 5.74) is 2.07. The van der Waals surface area contributed by atoms with Gasteiger partial charge in [-0.3, -0.25) is 4.90 Å². The summed E-state index contributed by atoms with van der Waals surface area (Å²) in [7, 11) is 0. The summed E-state index contributed by atoms with van der Waals surface area (Å²) in [6.07, 6.45) is 0. The summed E-state index contributed by atoms with van der Waals surface area (Å²) in [5, 5.41) is 5.91. The molecular formula is C17H17F2N3O. The van der Waals surface area contributed by atoms with Gasteiger partial charge in [0, 0.05) is 30.5 Å². The van der Waals surface area contributed by atoms with E-state index in [9.17, 15) is 13.6 Å². The fourth-order valence-corrected chi connectivity index (χ4v) is 2.67. The second-order valence-corrected chi connectivity index (χ2v) is 5.59. The van der Waals surface area contributed by atoms with E-state index < -0.39 is 11.6 Å². The van der Waals surface area contributed by atoms with Crippen LogP contribution in [-0.4, -0.2) is 18.6 Å². The van der Waals surface area contributed by atoms with Gasteiger partial charge in [0.15, 0.2) is 0 Å². The Labute approximate surface area is 133 Å². The molecule has 0 unspecified atom stereocenters. The van der Waals surface area contributed by atoms with Crippen molar-refractivity contribution < 1.29 is 13.6 Å². The van der Waals surface area contributed by atoms with E-state index in [1.807, 2.05) is 31.2 Å². The van der Waals surface area contributed by atoms with Crippen molar-refractivity contribution in [3.05, 3.63) is 59.7 Å². The molecule has 0 radical (unpaired) electrons. The molecule has 6 heteroatoms. The summed E-state index contributed by atoms with van der Waals surface area (Å²) in [6, 6.07) is 10.8. The summed E-state index contributed by atoms with van der Waals surface area (Å²) < 4.78 is 26.4. The lowest BCUT2D eigenvalue weighted by atomic mass is 10.2. The molecule has 1 atom stereocenters. The second-order valence-electron chi connectivity index (χ2n) is 5.59. The Morgan fingerprint density at radius 3 is 2.61 bits per heavy atom. The maximum atomic E-state index is 13.2. The third-order valence-corrected chi connectivity index (χ3v) is 3.75. The number of carbonyl (C=O) groups is 1. The first kappa shape index (κ1) is 15.3. The fourth-order valence-electron chi connectivity index (χ4n) is 2.67. The standard InChI is InChI=1S/C17H17F2N3O/c1-11-9-21-17(23)22(11)16-4-2-3-15(8-16)20-10-12-5-13(18)7-14(19)6-12/h2-8,11,20H,9-10H2,1H3,(H,21,23)/t11-/m0/s1. The number of halogens is 2. The molecule has 1 saturated heterocycles. The molecule has 0 aliphatic carbocycles. The summed E-state index contributed by atoms with van der Waals surface area (Å²) in [5.74, 6) is -1.20. The summed E-state index contributed by atoms with van der Waals surface area (Å²) in [4.78, 5) is 13.5. The summed E-state index contributed by atoms with van der Waals surface area (Å²) >= 11 is 0. The molecule has 2 aromatic rings. The van der Waals surface area contributed by atoms with Gasteiger partial charge < -0.3 is 10.6 Å². The molecule has 0 aromatic heterocycles. The van der Waals surface area contributed by atoms with Crippen LogP contribution < -0.4 is 15.5 Å². The van der Waals surface area contributed by atoms with Crippen LogP contribution in [0.3, 0.4) is 0 Å². The van der Waals surface area contributed by atoms with Gasteiger partial charge in [-0.25, -0.2) is 13.6 Å². The SMILES string of the molecule is C[C@H]1CNC(=O)N1c1cccc(NCc2cc(F)cc(F)c2)c1. The minimum absolute atomic E-state index is 0.0788. The van der Waals surface area contributed by atoms with E-state index >= 15 is 0 Å². The average molecular weight is 317 g/mol. The number of amides is 2. The topological polar surface area (TPSA) is 44.4 Å². The normalized spacial score (nSPS) is 17.3. The number of urea groups is 1. The first-order valence-corrected chi connectivity index (χ1v) is 7.39. The predicted octanol–water partition coefficient (Wildman–Crippen LogP) is 3.50. The highest BCUT2D eigenvalue weighted by atomic mass is 19.1. The fraction of sp³-hybridized carbons (Fsp3) is 0.235. The van der Waals surface area contributed by atoms with Gasteiger partial charge in [0.2, 0.25) is 0 Å². The monoisotopic (exact) mass is 317 g/mol. The third-order valence-electron chi connectivity index (χ3n) is 3.75. The molecule has 23 heavy (non-hydrogen) atoms. The van der Waals surface area contributed by atoms with Crippen LogP contribution in [0.25, 0.3) is 0 Å². The van der Waals surface area contributed by atoms with Crippen LogP contribution in [0.4, 0.5) is 25.0 Å². The van der Waals surface area contributed by atoms with Gasteiger partial charge in [-0.15, -0.1) is 0 Å². The highest BCUT2D eigenvalue weighted by Crippen LogP contribution is 2.24. The Kier molecular flexibility index (Phi) is 4.14. The lowest BCUT2D eigenvalue weighted by molar-refractivity contribution is 0.252. The molecular weight excluding hydrogens is 300 g/mol. The van der Waals surface area contributed by atoms with Crippen LogP contribution in [0.2, 0.25) is 0 Å². The largest absolute Gasteiger partial charge is 0.381 e. The first-order chi connectivity index (χ1) is 11.0. The molecule has 1 heterocycles. The predicted molar refractivity (Wildman–Crippen MR) is 85.5 cm³/mol. The van der Waals surface area contributed by atoms with E-state index in [1.165, 1.54) is 12.1 Å². The van der Waals surface area contributed by atoms with Gasteiger partial charge in [-0.05, 0) is 42.8 Å². The smallest absolute Gasteiger partial charge is 0.322 e. The number of rotatable bonds is 4. The van der Waals surface area contributed by atoms with Crippen molar-refractivity contribution in [1.29, 1.82) is 0 Å². The minimum Gasteiger partial charge on any atom is -0.381 e. The van der Waals surface area contributed by atoms with E-state index in [1.54, 1.807) is 4.90 Å². The highest BCUT2D eigenvalue weighted by Gasteiger charge is 2.28. The number of hydrogen-bond acceptors (Lipinski definition) is 2. The van der Waals surface area contributed by atoms with Gasteiger partial charge in [0.25, 0.3) is 0 Å². The lowest BCUT2D eigenvalue weighted by Crippen LogP contribution is -2.32. The molecule has 4 nitrogen and oxygen atoms in total. The van der Waals surface area contributed by atoms with Crippen molar-refractivity contribution >= 4 is 17.4 Å². The molecule has 0 spiro atoms. The number of nitrogens with one attached hydrogen (secondary N) is 2. The van der Waals surface area contributed by atoms with Crippen molar-refractivity contribution in [3.63, 3.8) is 0 Å². The van der Waals surface area contributed by atoms with E-state index in [0.29, 0.717) is 18.7 Å². The Hall–Kier alpha value is -2.63. The molecule has 2 aromatic carbocycles. The molecule has 3 rings (SSSR count). The second kappa shape index (κ2) is 6.24. The lowest BCUT2D eigenvalue weighted by Gasteiger charge is -2.20. The maximum Gasteiger partial charge on any atom is 0.322 e. The first-order valence-electron chi connectivity index (χ1n) is 7.39. The zero-order valence-electron chi connectivity index (χ0n) is 12.6. The number of benzene rings is 2. The van der Waals surface area contributed by atoms with Crippen LogP contribution in [0.5, 0.6) is 0 Å². The maximum absolute atomic E-state index is 13.2. The number of anilines is 2. The van der Waals surface area contributed by atoms with Crippen molar-refractivity contribution in [2.45, 2.75) is 19.5 Å². The molecule has 2 amide bonds. The van der Waals surface area contributed by atoms with Crippen LogP contribution in [0, 0.1) is 11.6 Å². The van der Waals surface area contributed by atoms with E-state index in [4.69, 9.17) is 0 Å². The zero-order valence-corrected chi connectivity index (χ0v) is 12.6. The number of nitrogens with zero attached hydrogens (tertiary/aromatic N) is 1. The van der Waals surface area contributed by atoms with Crippen molar-refractivity contribution in [1.82, 2.24) is 5.32 Å². The zero-order chi connectivity index (χ0) is 16.4. The van der Waals surface area contributed by atoms with Gasteiger partial charge in [-0.2, -0.15) is 0 Å². The van der Waals surface area contributed by atoms with Crippen LogP contribution >= 0.6 is 0 Å². The molecule has 1 aliphatic heterocycles. The van der Waals surface area contributed by atoms with Gasteiger partial charge >= 0.3 is 6.03 Å². The van der Waals surface area contributed by atoms with Crippen LogP contribution in [0.15, 0.2) is 42.5 Å². The van der Waals surface area contributed by atoms with Crippen molar-refractivity contribution in [2.24, 2.45) is 0 Å². The van der Waals surface area contributed by atoms with E-state index in [2.05, 4.69) is 10.6 Å². The Morgan fingerprint density at radius 1 is 1.22 bits per heavy atom. The Morgan fingerprint density at radius 2 is 1.96 bits per heavy atom. The molecule has 1 aliphatic rings. The number of carbonyl (C=O) groups excluding carboxylic acids is 1. The molecule has 2 N–H and O–H groups in total. The Bertz CT molecular complexity index is 715. The quantitative estimate of drug-likeness (QED) is 0.906. The Balaban J connectivity index is 1.74. The van der Waals surface area contributed by atoms with Gasteiger partial charge in [0.1, 0.15) is 11.6 Å². The molecule has 0 bridgehead atoms. The summed E-state index contributed by atoms with van der Waals surface area (Å²) in [6.45, 7) is 2.87. The van der Waals surface area contributed by atoms with Crippen molar-refractivity contribution in [3.8, 4) is 0 Å². The molecule has 1 fully saturated rings. The molecule has 120 valence electrons. The minimum atomic E-state index is -0.599. The molecule has 0 saturated carbocycles. The van der Waals surface area contributed by atoms with Crippen molar-refractivity contribution in [2.75, 3.05) is 16.8 Å².